The summed E-state index contributed by atoms with van der Waals surface area (Å²) in [6, 6.07) is 8.21. The van der Waals surface area contributed by atoms with Gasteiger partial charge in [0.05, 0.1) is 30.1 Å². The van der Waals surface area contributed by atoms with Gasteiger partial charge in [-0.2, -0.15) is 5.10 Å². The van der Waals surface area contributed by atoms with Crippen molar-refractivity contribution in [3.63, 3.8) is 0 Å². The van der Waals surface area contributed by atoms with E-state index in [9.17, 15) is 0 Å². The molecule has 0 spiro atoms. The summed E-state index contributed by atoms with van der Waals surface area (Å²) in [5.41, 5.74) is 5.90. The van der Waals surface area contributed by atoms with Crippen LogP contribution in [0.2, 0.25) is 0 Å². The molecule has 2 N–H and O–H groups in total. The van der Waals surface area contributed by atoms with Gasteiger partial charge in [0.15, 0.2) is 11.5 Å². The molecule has 9 nitrogen and oxygen atoms in total. The van der Waals surface area contributed by atoms with Gasteiger partial charge in [-0.3, -0.25) is 9.08 Å². The first-order valence-corrected chi connectivity index (χ1v) is 11.2. The molecule has 1 aliphatic heterocycles. The first-order valence-electron chi connectivity index (χ1n) is 11.2. The number of imidazole rings is 2. The highest BCUT2D eigenvalue weighted by molar-refractivity contribution is 5.74. The number of rotatable bonds is 5. The number of benzene rings is 1. The van der Waals surface area contributed by atoms with Crippen LogP contribution in [0.3, 0.4) is 0 Å². The van der Waals surface area contributed by atoms with Gasteiger partial charge in [-0.15, -0.1) is 0 Å². The number of anilines is 2. The van der Waals surface area contributed by atoms with Crippen LogP contribution in [-0.4, -0.2) is 46.8 Å². The summed E-state index contributed by atoms with van der Waals surface area (Å²) in [7, 11) is 1.92. The molecule has 0 radical (unpaired) electrons. The number of aromatic nitrogens is 7. The van der Waals surface area contributed by atoms with Crippen LogP contribution in [0.5, 0.6) is 0 Å². The van der Waals surface area contributed by atoms with Crippen molar-refractivity contribution in [3.05, 3.63) is 73.5 Å². The Balaban J connectivity index is 1.41. The molecule has 1 aromatic carbocycles. The fourth-order valence-electron chi connectivity index (χ4n) is 4.42. The molecular weight excluding hydrogens is 414 g/mol. The molecule has 4 aromatic heterocycles. The zero-order valence-corrected chi connectivity index (χ0v) is 18.4. The van der Waals surface area contributed by atoms with Gasteiger partial charge in [0, 0.05) is 61.2 Å². The van der Waals surface area contributed by atoms with Gasteiger partial charge in [0.25, 0.3) is 0 Å². The van der Waals surface area contributed by atoms with E-state index in [1.54, 1.807) is 12.5 Å². The normalized spacial score (nSPS) is 16.3. The van der Waals surface area contributed by atoms with Crippen LogP contribution in [0.25, 0.3) is 22.6 Å². The van der Waals surface area contributed by atoms with Crippen molar-refractivity contribution in [2.75, 3.05) is 18.4 Å². The summed E-state index contributed by atoms with van der Waals surface area (Å²) < 4.78 is 5.92. The Kier molecular flexibility index (Phi) is 4.88. The molecule has 0 amide bonds. The fraction of sp³-hybridized carbons (Fsp3) is 0.250. The Morgan fingerprint density at radius 3 is 2.76 bits per heavy atom. The van der Waals surface area contributed by atoms with E-state index in [-0.39, 0.29) is 0 Å². The molecule has 6 rings (SSSR count). The molecule has 1 unspecified atom stereocenters. The minimum atomic E-state index is 0.372. The van der Waals surface area contributed by atoms with Crippen LogP contribution >= 0.6 is 0 Å². The molecule has 5 heterocycles. The minimum absolute atomic E-state index is 0.372. The van der Waals surface area contributed by atoms with Gasteiger partial charge in [-0.25, -0.2) is 15.0 Å². The van der Waals surface area contributed by atoms with Crippen molar-refractivity contribution in [1.82, 2.24) is 39.0 Å². The minimum Gasteiger partial charge on any atom is -0.337 e. The molecule has 1 aliphatic rings. The lowest BCUT2D eigenvalue weighted by Crippen LogP contribution is -2.29. The molecular formula is C24H25N9. The first kappa shape index (κ1) is 19.7. The number of hydrogen-bond acceptors (Lipinski definition) is 6. The Hall–Kier alpha value is -3.98. The average molecular weight is 440 g/mol. The average Bonchev–Trinajstić information content (AvgIpc) is 3.61. The van der Waals surface area contributed by atoms with E-state index < -0.39 is 0 Å². The number of fused-ring (bicyclic) bond motifs is 1. The molecule has 166 valence electrons. The van der Waals surface area contributed by atoms with Crippen molar-refractivity contribution in [3.8, 4) is 16.9 Å². The fourth-order valence-corrected chi connectivity index (χ4v) is 4.42. The van der Waals surface area contributed by atoms with Crippen LogP contribution in [0.15, 0.2) is 67.8 Å². The van der Waals surface area contributed by atoms with Crippen molar-refractivity contribution in [1.29, 1.82) is 0 Å². The van der Waals surface area contributed by atoms with E-state index in [1.807, 2.05) is 53.2 Å². The second kappa shape index (κ2) is 8.18. The maximum Gasteiger partial charge on any atom is 0.180 e. The summed E-state index contributed by atoms with van der Waals surface area (Å²) in [6.45, 7) is 2.01. The second-order valence-corrected chi connectivity index (χ2v) is 8.44. The predicted octanol–water partition coefficient (Wildman–Crippen LogP) is 3.53. The summed E-state index contributed by atoms with van der Waals surface area (Å²) in [6.07, 6.45) is 15.7. The van der Waals surface area contributed by atoms with Crippen LogP contribution in [-0.2, 0) is 7.05 Å². The van der Waals surface area contributed by atoms with Gasteiger partial charge in [0.1, 0.15) is 0 Å². The van der Waals surface area contributed by atoms with E-state index in [1.165, 1.54) is 0 Å². The Bertz CT molecular complexity index is 1370. The third-order valence-corrected chi connectivity index (χ3v) is 6.16. The Morgan fingerprint density at radius 1 is 1.12 bits per heavy atom. The van der Waals surface area contributed by atoms with Gasteiger partial charge in [-0.1, -0.05) is 0 Å². The topological polar surface area (TPSA) is 89.9 Å². The zero-order valence-electron chi connectivity index (χ0n) is 18.4. The number of piperidine rings is 1. The van der Waals surface area contributed by atoms with Crippen molar-refractivity contribution in [2.45, 2.75) is 18.8 Å². The quantitative estimate of drug-likeness (QED) is 0.436. The highest BCUT2D eigenvalue weighted by Crippen LogP contribution is 2.30. The molecule has 1 fully saturated rings. The number of hydrogen-bond donors (Lipinski definition) is 2. The summed E-state index contributed by atoms with van der Waals surface area (Å²) in [5.74, 6) is 1.13. The van der Waals surface area contributed by atoms with Crippen LogP contribution in [0, 0.1) is 0 Å². The van der Waals surface area contributed by atoms with Crippen LogP contribution in [0.4, 0.5) is 11.5 Å². The summed E-state index contributed by atoms with van der Waals surface area (Å²) in [4.78, 5) is 13.9. The van der Waals surface area contributed by atoms with Gasteiger partial charge in [0.2, 0.25) is 0 Å². The smallest absolute Gasteiger partial charge is 0.180 e. The third kappa shape index (κ3) is 3.76. The summed E-state index contributed by atoms with van der Waals surface area (Å²) >= 11 is 0. The lowest BCUT2D eigenvalue weighted by molar-refractivity contribution is 0.454. The monoisotopic (exact) mass is 439 g/mol. The van der Waals surface area contributed by atoms with Gasteiger partial charge in [-0.05, 0) is 43.7 Å². The number of nitrogens with one attached hydrogen (secondary N) is 2. The van der Waals surface area contributed by atoms with E-state index >= 15 is 0 Å². The molecule has 0 saturated carbocycles. The van der Waals surface area contributed by atoms with E-state index in [4.69, 9.17) is 9.97 Å². The van der Waals surface area contributed by atoms with Crippen molar-refractivity contribution in [2.24, 2.45) is 7.05 Å². The molecule has 33 heavy (non-hydrogen) atoms. The molecule has 9 heteroatoms. The largest absolute Gasteiger partial charge is 0.337 e. The van der Waals surface area contributed by atoms with Crippen molar-refractivity contribution >= 4 is 17.2 Å². The van der Waals surface area contributed by atoms with Crippen LogP contribution in [0.1, 0.15) is 24.5 Å². The standard InChI is InChI=1S/C24H25N9/c1-31-14-18(12-28-31)22-13-27-24-23(30-21(15-33(22)24)17-3-2-8-25-11-17)29-19-4-6-20(7-5-19)32-10-9-26-16-32/h4-7,9-10,12-17,25H,2-3,8,11H2,1H3,(H,29,30). The van der Waals surface area contributed by atoms with E-state index in [0.717, 1.165) is 65.7 Å². The molecule has 0 aliphatic carbocycles. The van der Waals surface area contributed by atoms with E-state index in [0.29, 0.717) is 5.92 Å². The Morgan fingerprint density at radius 2 is 2.03 bits per heavy atom. The maximum absolute atomic E-state index is 5.03. The zero-order chi connectivity index (χ0) is 22.2. The molecule has 1 atom stereocenters. The van der Waals surface area contributed by atoms with Crippen LogP contribution < -0.4 is 10.6 Å². The van der Waals surface area contributed by atoms with Gasteiger partial charge < -0.3 is 15.2 Å². The molecule has 5 aromatic rings. The molecule has 1 saturated heterocycles. The molecule has 0 bridgehead atoms. The number of aryl methyl sites for hydroxylation is 1. The Labute approximate surface area is 191 Å². The second-order valence-electron chi connectivity index (χ2n) is 8.44. The summed E-state index contributed by atoms with van der Waals surface area (Å²) in [5, 5.41) is 11.4. The van der Waals surface area contributed by atoms with Crippen molar-refractivity contribution < 1.29 is 0 Å². The maximum atomic E-state index is 5.03. The predicted molar refractivity (Wildman–Crippen MR) is 127 cm³/mol. The van der Waals surface area contributed by atoms with Gasteiger partial charge >= 0.3 is 0 Å². The van der Waals surface area contributed by atoms with E-state index in [2.05, 4.69) is 43.4 Å². The lowest BCUT2D eigenvalue weighted by atomic mass is 9.96. The highest BCUT2D eigenvalue weighted by Gasteiger charge is 2.21. The third-order valence-electron chi connectivity index (χ3n) is 6.16. The first-order chi connectivity index (χ1) is 16.2. The SMILES string of the molecule is Cn1cc(-c2cnc3c(Nc4ccc(-n5ccnc5)cc4)nc(C4CCCNC4)cn23)cn1. The number of nitrogens with zero attached hydrogens (tertiary/aromatic N) is 7. The lowest BCUT2D eigenvalue weighted by Gasteiger charge is -2.23. The highest BCUT2D eigenvalue weighted by atomic mass is 15.2.